The van der Waals surface area contributed by atoms with E-state index in [1.807, 2.05) is 30.3 Å². The first-order valence-electron chi connectivity index (χ1n) is 15.3. The fourth-order valence-electron chi connectivity index (χ4n) is 4.59. The maximum Gasteiger partial charge on any atom is 0.311 e. The number of hydrogen-bond donors (Lipinski definition) is 3. The summed E-state index contributed by atoms with van der Waals surface area (Å²) >= 11 is 8.68. The van der Waals surface area contributed by atoms with Crippen LogP contribution in [0.15, 0.2) is 119 Å². The van der Waals surface area contributed by atoms with Crippen molar-refractivity contribution in [1.82, 2.24) is 10.3 Å². The van der Waals surface area contributed by atoms with E-state index >= 15 is 0 Å². The van der Waals surface area contributed by atoms with E-state index in [9.17, 15) is 23.6 Å². The number of amides is 3. The summed E-state index contributed by atoms with van der Waals surface area (Å²) in [4.78, 5) is 57.2. The molecule has 0 aliphatic rings. The smallest absolute Gasteiger partial charge is 0.311 e. The average molecular weight is 729 g/mol. The van der Waals surface area contributed by atoms with Gasteiger partial charge in [0.05, 0.1) is 23.7 Å². The molecule has 5 rings (SSSR count). The van der Waals surface area contributed by atoms with Crippen LogP contribution in [0.1, 0.15) is 39.4 Å². The monoisotopic (exact) mass is 728 g/mol. The van der Waals surface area contributed by atoms with Gasteiger partial charge in [-0.3, -0.25) is 19.2 Å². The molecule has 0 spiro atoms. The van der Waals surface area contributed by atoms with Gasteiger partial charge in [-0.2, -0.15) is 0 Å². The highest BCUT2D eigenvalue weighted by Gasteiger charge is 2.24. The van der Waals surface area contributed by atoms with Gasteiger partial charge in [-0.05, 0) is 61.0 Å². The van der Waals surface area contributed by atoms with Gasteiger partial charge in [0, 0.05) is 27.1 Å². The number of benzene rings is 4. The molecule has 5 aromatic rings. The van der Waals surface area contributed by atoms with Crippen LogP contribution in [0, 0.1) is 5.82 Å². The second-order valence-corrected chi connectivity index (χ2v) is 13.0. The molecule has 0 aliphatic carbocycles. The van der Waals surface area contributed by atoms with E-state index < -0.39 is 28.9 Å². The summed E-state index contributed by atoms with van der Waals surface area (Å²) in [5.74, 6) is -2.72. The lowest BCUT2D eigenvalue weighted by molar-refractivity contribution is -0.142. The standard InChI is InChI=1S/C37H30ClFN4O5S2/c1-2-48-32(44)20-26-22-49-37(41-26)43-36(47)33(23-11-5-3-6-12-23)50-27-16-9-15-25(19-27)40-35(46)31(21-28-29(38)17-10-18-30(28)39)42-34(45)24-13-7-4-8-14-24/h3-19,21-22,33H,2,20H2,1H3,(H,40,46)(H,42,45)(H,41,43,47)/b31-21+. The van der Waals surface area contributed by atoms with Gasteiger partial charge in [0.25, 0.3) is 11.8 Å². The summed E-state index contributed by atoms with van der Waals surface area (Å²) in [5.41, 5.74) is 1.56. The molecule has 0 saturated heterocycles. The number of carbonyl (C=O) groups is 4. The van der Waals surface area contributed by atoms with Gasteiger partial charge in [-0.1, -0.05) is 72.3 Å². The molecule has 0 bridgehead atoms. The van der Waals surface area contributed by atoms with Gasteiger partial charge in [0.2, 0.25) is 5.91 Å². The van der Waals surface area contributed by atoms with Crippen LogP contribution in [-0.2, 0) is 25.5 Å². The number of carbonyl (C=O) groups excluding carboxylic acids is 4. The number of thiazole rings is 1. The third-order valence-corrected chi connectivity index (χ3v) is 9.30. The summed E-state index contributed by atoms with van der Waals surface area (Å²) < 4.78 is 19.7. The normalized spacial score (nSPS) is 11.7. The zero-order chi connectivity index (χ0) is 35.5. The molecule has 1 atom stereocenters. The maximum atomic E-state index is 14.7. The van der Waals surface area contributed by atoms with Crippen LogP contribution in [-0.4, -0.2) is 35.3 Å². The molecule has 0 aliphatic heterocycles. The maximum absolute atomic E-state index is 14.7. The number of nitrogens with zero attached hydrogens (tertiary/aromatic N) is 1. The van der Waals surface area contributed by atoms with Crippen molar-refractivity contribution in [2.45, 2.75) is 23.5 Å². The molecule has 1 aromatic heterocycles. The van der Waals surface area contributed by atoms with E-state index in [0.29, 0.717) is 27.0 Å². The molecule has 9 nitrogen and oxygen atoms in total. The Morgan fingerprint density at radius 3 is 2.38 bits per heavy atom. The predicted octanol–water partition coefficient (Wildman–Crippen LogP) is 7.92. The van der Waals surface area contributed by atoms with Crippen molar-refractivity contribution in [2.24, 2.45) is 0 Å². The van der Waals surface area contributed by atoms with Gasteiger partial charge >= 0.3 is 5.97 Å². The van der Waals surface area contributed by atoms with Crippen molar-refractivity contribution in [3.63, 3.8) is 0 Å². The number of nitrogens with one attached hydrogen (secondary N) is 3. The lowest BCUT2D eigenvalue weighted by Crippen LogP contribution is -2.30. The molecule has 13 heteroatoms. The minimum absolute atomic E-state index is 0.00421. The minimum atomic E-state index is -0.726. The summed E-state index contributed by atoms with van der Waals surface area (Å²) in [6.07, 6.45) is 1.18. The first-order chi connectivity index (χ1) is 24.2. The summed E-state index contributed by atoms with van der Waals surface area (Å²) in [5, 5.41) is 9.55. The highest BCUT2D eigenvalue weighted by atomic mass is 35.5. The summed E-state index contributed by atoms with van der Waals surface area (Å²) in [7, 11) is 0. The van der Waals surface area contributed by atoms with E-state index in [-0.39, 0.29) is 35.2 Å². The number of hydrogen-bond acceptors (Lipinski definition) is 8. The summed E-state index contributed by atoms with van der Waals surface area (Å²) in [6, 6.07) is 28.4. The zero-order valence-corrected chi connectivity index (χ0v) is 28.9. The third kappa shape index (κ3) is 9.88. The first-order valence-corrected chi connectivity index (χ1v) is 17.4. The Morgan fingerprint density at radius 2 is 1.66 bits per heavy atom. The third-order valence-electron chi connectivity index (χ3n) is 6.92. The van der Waals surface area contributed by atoms with Crippen LogP contribution in [0.25, 0.3) is 6.08 Å². The zero-order valence-electron chi connectivity index (χ0n) is 26.5. The summed E-state index contributed by atoms with van der Waals surface area (Å²) in [6.45, 7) is 1.99. The second kappa shape index (κ2) is 17.4. The first kappa shape index (κ1) is 36.0. The van der Waals surface area contributed by atoms with Gasteiger partial charge in [0.1, 0.15) is 16.8 Å². The van der Waals surface area contributed by atoms with Gasteiger partial charge in [-0.25, -0.2) is 9.37 Å². The van der Waals surface area contributed by atoms with Crippen molar-refractivity contribution < 1.29 is 28.3 Å². The van der Waals surface area contributed by atoms with Gasteiger partial charge < -0.3 is 20.7 Å². The van der Waals surface area contributed by atoms with Crippen LogP contribution >= 0.6 is 34.7 Å². The van der Waals surface area contributed by atoms with Crippen molar-refractivity contribution in [3.05, 3.63) is 147 Å². The van der Waals surface area contributed by atoms with Crippen LogP contribution in [0.2, 0.25) is 5.02 Å². The topological polar surface area (TPSA) is 126 Å². The Labute approximate surface area is 300 Å². The molecule has 0 fully saturated rings. The molecule has 3 N–H and O–H groups in total. The van der Waals surface area contributed by atoms with E-state index in [4.69, 9.17) is 16.3 Å². The average Bonchev–Trinajstić information content (AvgIpc) is 3.55. The largest absolute Gasteiger partial charge is 0.466 e. The molecule has 1 unspecified atom stereocenters. The van der Waals surface area contributed by atoms with E-state index in [1.165, 1.54) is 47.4 Å². The molecule has 0 saturated carbocycles. The lowest BCUT2D eigenvalue weighted by Gasteiger charge is -2.17. The number of esters is 1. The van der Waals surface area contributed by atoms with Crippen molar-refractivity contribution in [1.29, 1.82) is 0 Å². The lowest BCUT2D eigenvalue weighted by atomic mass is 10.1. The quantitative estimate of drug-likeness (QED) is 0.0639. The Kier molecular flexibility index (Phi) is 12.5. The number of ether oxygens (including phenoxy) is 1. The second-order valence-electron chi connectivity index (χ2n) is 10.5. The van der Waals surface area contributed by atoms with Crippen LogP contribution < -0.4 is 16.0 Å². The van der Waals surface area contributed by atoms with Gasteiger partial charge in [0.15, 0.2) is 5.13 Å². The fourth-order valence-corrected chi connectivity index (χ4v) is 6.61. The molecule has 0 radical (unpaired) electrons. The van der Waals surface area contributed by atoms with E-state index in [1.54, 1.807) is 66.9 Å². The molecule has 3 amide bonds. The number of halogens is 2. The fraction of sp³-hybridized carbons (Fsp3) is 0.108. The van der Waals surface area contributed by atoms with Crippen molar-refractivity contribution >= 4 is 75.3 Å². The van der Waals surface area contributed by atoms with Crippen molar-refractivity contribution in [2.75, 3.05) is 17.2 Å². The number of rotatable bonds is 13. The number of aromatic nitrogens is 1. The minimum Gasteiger partial charge on any atom is -0.466 e. The molecule has 254 valence electrons. The molecule has 1 heterocycles. The van der Waals surface area contributed by atoms with Gasteiger partial charge in [-0.15, -0.1) is 23.1 Å². The number of anilines is 2. The Bertz CT molecular complexity index is 2000. The Balaban J connectivity index is 1.36. The molecule has 50 heavy (non-hydrogen) atoms. The highest BCUT2D eigenvalue weighted by molar-refractivity contribution is 8.00. The van der Waals surface area contributed by atoms with Crippen molar-refractivity contribution in [3.8, 4) is 0 Å². The Hall–Kier alpha value is -5.30. The SMILES string of the molecule is CCOC(=O)Cc1csc(NC(=O)C(Sc2cccc(NC(=O)/C(=C\c3c(F)cccc3Cl)NC(=O)c3ccccc3)c2)c2ccccc2)n1. The molecule has 4 aromatic carbocycles. The van der Waals surface area contributed by atoms with E-state index in [0.717, 1.165) is 5.56 Å². The predicted molar refractivity (Wildman–Crippen MR) is 194 cm³/mol. The molecular weight excluding hydrogens is 699 g/mol. The van der Waals surface area contributed by atoms with Crippen LogP contribution in [0.5, 0.6) is 0 Å². The van der Waals surface area contributed by atoms with E-state index in [2.05, 4.69) is 20.9 Å². The Morgan fingerprint density at radius 1 is 0.940 bits per heavy atom. The molecular formula is C37H30ClFN4O5S2. The number of thioether (sulfide) groups is 1. The highest BCUT2D eigenvalue weighted by Crippen LogP contribution is 2.37. The van der Waals surface area contributed by atoms with Crippen LogP contribution in [0.3, 0.4) is 0 Å². The van der Waals surface area contributed by atoms with Crippen LogP contribution in [0.4, 0.5) is 15.2 Å².